The van der Waals surface area contributed by atoms with E-state index in [1.807, 2.05) is 0 Å². The van der Waals surface area contributed by atoms with Gasteiger partial charge in [0.2, 0.25) is 0 Å². The van der Waals surface area contributed by atoms with Gasteiger partial charge in [-0.05, 0) is 26.0 Å². The summed E-state index contributed by atoms with van der Waals surface area (Å²) in [5.74, 6) is -1.01. The van der Waals surface area contributed by atoms with Gasteiger partial charge in [0.25, 0.3) is 0 Å². The molecule has 0 unspecified atom stereocenters. The molecule has 0 amide bonds. The Morgan fingerprint density at radius 1 is 1.47 bits per heavy atom. The molecular formula is C11H13FO3. The SMILES string of the molecule is COc1ccc(C(=O)C(C)(C)O)c(F)c1. The third-order valence-corrected chi connectivity index (χ3v) is 1.98. The zero-order valence-corrected chi connectivity index (χ0v) is 8.87. The number of aliphatic hydroxyl groups is 1. The maximum Gasteiger partial charge on any atom is 0.196 e. The minimum absolute atomic E-state index is 0.136. The summed E-state index contributed by atoms with van der Waals surface area (Å²) in [6.45, 7) is 2.64. The van der Waals surface area contributed by atoms with Crippen LogP contribution < -0.4 is 4.74 Å². The quantitative estimate of drug-likeness (QED) is 0.777. The number of ketones is 1. The van der Waals surface area contributed by atoms with Crippen LogP contribution in [0.25, 0.3) is 0 Å². The van der Waals surface area contributed by atoms with Crippen LogP contribution >= 0.6 is 0 Å². The number of rotatable bonds is 3. The van der Waals surface area contributed by atoms with Gasteiger partial charge in [-0.3, -0.25) is 4.79 Å². The van der Waals surface area contributed by atoms with Crippen molar-refractivity contribution >= 4 is 5.78 Å². The van der Waals surface area contributed by atoms with Gasteiger partial charge in [-0.25, -0.2) is 4.39 Å². The van der Waals surface area contributed by atoms with E-state index < -0.39 is 17.2 Å². The molecule has 0 fully saturated rings. The van der Waals surface area contributed by atoms with E-state index in [0.717, 1.165) is 6.07 Å². The van der Waals surface area contributed by atoms with Gasteiger partial charge >= 0.3 is 0 Å². The molecule has 1 aromatic carbocycles. The first kappa shape index (κ1) is 11.7. The smallest absolute Gasteiger partial charge is 0.196 e. The van der Waals surface area contributed by atoms with E-state index in [1.165, 1.54) is 33.1 Å². The third-order valence-electron chi connectivity index (χ3n) is 1.98. The van der Waals surface area contributed by atoms with Crippen LogP contribution in [0.1, 0.15) is 24.2 Å². The average Bonchev–Trinajstić information content (AvgIpc) is 2.15. The summed E-state index contributed by atoms with van der Waals surface area (Å²) in [6.07, 6.45) is 0. The molecule has 1 aromatic rings. The number of methoxy groups -OCH3 is 1. The highest BCUT2D eigenvalue weighted by Crippen LogP contribution is 2.20. The van der Waals surface area contributed by atoms with Crippen LogP contribution in [0.4, 0.5) is 4.39 Å². The maximum atomic E-state index is 13.4. The molecule has 0 heterocycles. The first-order valence-corrected chi connectivity index (χ1v) is 4.47. The highest BCUT2D eigenvalue weighted by molar-refractivity contribution is 6.02. The molecule has 0 aromatic heterocycles. The number of carbonyl (C=O) groups excluding carboxylic acids is 1. The van der Waals surface area contributed by atoms with Crippen LogP contribution in [0, 0.1) is 5.82 Å². The zero-order chi connectivity index (χ0) is 11.6. The summed E-state index contributed by atoms with van der Waals surface area (Å²) in [4.78, 5) is 11.6. The lowest BCUT2D eigenvalue weighted by Crippen LogP contribution is -2.31. The van der Waals surface area contributed by atoms with Crippen LogP contribution in [-0.4, -0.2) is 23.6 Å². The molecular weight excluding hydrogens is 199 g/mol. The normalized spacial score (nSPS) is 11.3. The minimum Gasteiger partial charge on any atom is -0.497 e. The van der Waals surface area contributed by atoms with Crippen molar-refractivity contribution in [3.63, 3.8) is 0 Å². The van der Waals surface area contributed by atoms with E-state index >= 15 is 0 Å². The molecule has 1 N–H and O–H groups in total. The third kappa shape index (κ3) is 2.53. The molecule has 0 atom stereocenters. The summed E-state index contributed by atoms with van der Waals surface area (Å²) in [6, 6.07) is 3.88. The standard InChI is InChI=1S/C11H13FO3/c1-11(2,14)10(13)8-5-4-7(15-3)6-9(8)12/h4-6,14H,1-3H3. The molecule has 3 nitrogen and oxygen atoms in total. The van der Waals surface area contributed by atoms with Crippen molar-refractivity contribution in [1.82, 2.24) is 0 Å². The van der Waals surface area contributed by atoms with Gasteiger partial charge < -0.3 is 9.84 Å². The fourth-order valence-electron chi connectivity index (χ4n) is 1.14. The van der Waals surface area contributed by atoms with Gasteiger partial charge in [0.1, 0.15) is 17.2 Å². The molecule has 0 saturated heterocycles. The molecule has 0 saturated carbocycles. The van der Waals surface area contributed by atoms with Crippen LogP contribution in [0.2, 0.25) is 0 Å². The first-order chi connectivity index (χ1) is 6.86. The average molecular weight is 212 g/mol. The Hall–Kier alpha value is -1.42. The maximum absolute atomic E-state index is 13.4. The molecule has 15 heavy (non-hydrogen) atoms. The van der Waals surface area contributed by atoms with Crippen LogP contribution in [0.5, 0.6) is 5.75 Å². The summed E-state index contributed by atoms with van der Waals surface area (Å²) in [5, 5.41) is 9.44. The van der Waals surface area contributed by atoms with Crippen molar-refractivity contribution in [1.29, 1.82) is 0 Å². The van der Waals surface area contributed by atoms with Crippen LogP contribution in [0.3, 0.4) is 0 Å². The number of ether oxygens (including phenoxy) is 1. The molecule has 0 radical (unpaired) electrons. The van der Waals surface area contributed by atoms with E-state index in [9.17, 15) is 14.3 Å². The Morgan fingerprint density at radius 2 is 2.07 bits per heavy atom. The predicted octanol–water partition coefficient (Wildman–Crippen LogP) is 1.79. The highest BCUT2D eigenvalue weighted by atomic mass is 19.1. The highest BCUT2D eigenvalue weighted by Gasteiger charge is 2.27. The second kappa shape index (κ2) is 3.98. The fourth-order valence-corrected chi connectivity index (χ4v) is 1.14. The Labute approximate surface area is 87.5 Å². The first-order valence-electron chi connectivity index (χ1n) is 4.47. The molecule has 0 aliphatic heterocycles. The summed E-state index contributed by atoms with van der Waals surface area (Å²) >= 11 is 0. The topological polar surface area (TPSA) is 46.5 Å². The van der Waals surface area contributed by atoms with Crippen molar-refractivity contribution in [2.45, 2.75) is 19.4 Å². The number of halogens is 1. The van der Waals surface area contributed by atoms with Gasteiger partial charge in [0.15, 0.2) is 5.78 Å². The van der Waals surface area contributed by atoms with Crippen molar-refractivity contribution in [2.75, 3.05) is 7.11 Å². The predicted molar refractivity (Wildman–Crippen MR) is 53.6 cm³/mol. The van der Waals surface area contributed by atoms with Crippen LogP contribution in [0.15, 0.2) is 18.2 Å². The number of hydrogen-bond acceptors (Lipinski definition) is 3. The lowest BCUT2D eigenvalue weighted by atomic mass is 9.96. The summed E-state index contributed by atoms with van der Waals surface area (Å²) in [5.41, 5.74) is -1.71. The number of carbonyl (C=O) groups is 1. The Kier molecular flexibility index (Phi) is 3.09. The lowest BCUT2D eigenvalue weighted by molar-refractivity contribution is 0.0483. The van der Waals surface area contributed by atoms with Crippen molar-refractivity contribution in [3.05, 3.63) is 29.6 Å². The monoisotopic (exact) mass is 212 g/mol. The largest absolute Gasteiger partial charge is 0.497 e. The second-order valence-electron chi connectivity index (χ2n) is 3.73. The zero-order valence-electron chi connectivity index (χ0n) is 8.87. The van der Waals surface area contributed by atoms with E-state index in [2.05, 4.69) is 0 Å². The Balaban J connectivity index is 3.12. The molecule has 0 spiro atoms. The Morgan fingerprint density at radius 3 is 2.47 bits per heavy atom. The molecule has 0 bridgehead atoms. The fraction of sp³-hybridized carbons (Fsp3) is 0.364. The van der Waals surface area contributed by atoms with Gasteiger partial charge in [-0.2, -0.15) is 0 Å². The van der Waals surface area contributed by atoms with E-state index in [0.29, 0.717) is 5.75 Å². The van der Waals surface area contributed by atoms with E-state index in [1.54, 1.807) is 0 Å². The van der Waals surface area contributed by atoms with Gasteiger partial charge in [-0.15, -0.1) is 0 Å². The summed E-state index contributed by atoms with van der Waals surface area (Å²) in [7, 11) is 1.41. The number of hydrogen-bond donors (Lipinski definition) is 1. The number of Topliss-reactive ketones (excluding diaryl/α,β-unsaturated/α-hetero) is 1. The second-order valence-corrected chi connectivity index (χ2v) is 3.73. The molecule has 0 aliphatic carbocycles. The molecule has 4 heteroatoms. The number of benzene rings is 1. The minimum atomic E-state index is -1.57. The van der Waals surface area contributed by atoms with E-state index in [-0.39, 0.29) is 5.56 Å². The van der Waals surface area contributed by atoms with E-state index in [4.69, 9.17) is 4.74 Å². The van der Waals surface area contributed by atoms with Crippen molar-refractivity contribution < 1.29 is 19.0 Å². The molecule has 0 aliphatic rings. The molecule has 82 valence electrons. The summed E-state index contributed by atoms with van der Waals surface area (Å²) < 4.78 is 18.2. The van der Waals surface area contributed by atoms with Gasteiger partial charge in [-0.1, -0.05) is 0 Å². The lowest BCUT2D eigenvalue weighted by Gasteiger charge is -2.16. The van der Waals surface area contributed by atoms with Crippen molar-refractivity contribution in [2.24, 2.45) is 0 Å². The van der Waals surface area contributed by atoms with Gasteiger partial charge in [0, 0.05) is 6.07 Å². The molecule has 1 rings (SSSR count). The van der Waals surface area contributed by atoms with Crippen molar-refractivity contribution in [3.8, 4) is 5.75 Å². The Bertz CT molecular complexity index is 380. The van der Waals surface area contributed by atoms with Gasteiger partial charge in [0.05, 0.1) is 12.7 Å². The van der Waals surface area contributed by atoms with Crippen LogP contribution in [-0.2, 0) is 0 Å².